The Bertz CT molecular complexity index is 329. The highest BCUT2D eigenvalue weighted by Crippen LogP contribution is 2.43. The van der Waals surface area contributed by atoms with Gasteiger partial charge in [0.1, 0.15) is 6.07 Å². The summed E-state index contributed by atoms with van der Waals surface area (Å²) in [6, 6.07) is 2.68. The number of hydrogen-bond acceptors (Lipinski definition) is 5. The average molecular weight is 287 g/mol. The molecule has 1 aliphatic rings. The van der Waals surface area contributed by atoms with E-state index in [1.165, 1.54) is 23.5 Å². The lowest BCUT2D eigenvalue weighted by Gasteiger charge is -2.37. The van der Waals surface area contributed by atoms with Gasteiger partial charge in [0.25, 0.3) is 5.91 Å². The van der Waals surface area contributed by atoms with Crippen LogP contribution in [0.4, 0.5) is 0 Å². The molecule has 1 amide bonds. The third-order valence-corrected chi connectivity index (χ3v) is 6.32. The molecule has 1 fully saturated rings. The van der Waals surface area contributed by atoms with Gasteiger partial charge in [0.15, 0.2) is 0 Å². The highest BCUT2D eigenvalue weighted by Gasteiger charge is 2.46. The van der Waals surface area contributed by atoms with Gasteiger partial charge in [-0.05, 0) is 27.9 Å². The van der Waals surface area contributed by atoms with Crippen LogP contribution in [0.2, 0.25) is 0 Å². The maximum absolute atomic E-state index is 12.4. The minimum atomic E-state index is -0.932. The van der Waals surface area contributed by atoms with Crippen molar-refractivity contribution >= 4 is 29.4 Å². The van der Waals surface area contributed by atoms with Crippen LogP contribution in [0.25, 0.3) is 0 Å². The molecule has 6 heteroatoms. The van der Waals surface area contributed by atoms with Crippen LogP contribution < -0.4 is 0 Å². The summed E-state index contributed by atoms with van der Waals surface area (Å²) in [5.74, 6) is 1.63. The molecule has 1 saturated heterocycles. The second-order valence-electron chi connectivity index (χ2n) is 4.45. The van der Waals surface area contributed by atoms with Gasteiger partial charge in [0.2, 0.25) is 4.08 Å². The minimum absolute atomic E-state index is 0.0396. The number of thioether (sulfide) groups is 2. The Labute approximate surface area is 118 Å². The third-order valence-electron chi connectivity index (χ3n) is 3.17. The fourth-order valence-corrected chi connectivity index (χ4v) is 4.98. The second-order valence-corrected chi connectivity index (χ2v) is 7.17. The van der Waals surface area contributed by atoms with Crippen molar-refractivity contribution in [3.8, 4) is 6.07 Å². The molecule has 0 aromatic carbocycles. The lowest BCUT2D eigenvalue weighted by molar-refractivity contribution is -0.130. The first-order chi connectivity index (χ1) is 8.50. The van der Waals surface area contributed by atoms with Gasteiger partial charge in [-0.1, -0.05) is 0 Å². The lowest BCUT2D eigenvalue weighted by atomic mass is 10.3. The molecule has 0 aliphatic carbocycles. The number of carbonyl (C=O) groups is 1. The Kier molecular flexibility index (Phi) is 5.83. The van der Waals surface area contributed by atoms with Crippen molar-refractivity contribution in [3.05, 3.63) is 0 Å². The number of carbonyl (C=O) groups excluding carboxylic acids is 1. The van der Waals surface area contributed by atoms with E-state index in [1.54, 1.807) is 4.90 Å². The average Bonchev–Trinajstić information content (AvgIpc) is 2.40. The first-order valence-corrected chi connectivity index (χ1v) is 8.12. The second kappa shape index (κ2) is 6.69. The van der Waals surface area contributed by atoms with Crippen molar-refractivity contribution < 1.29 is 4.79 Å². The molecule has 4 nitrogen and oxygen atoms in total. The van der Waals surface area contributed by atoms with E-state index in [-0.39, 0.29) is 5.91 Å². The number of nitriles is 1. The Morgan fingerprint density at radius 1 is 1.33 bits per heavy atom. The van der Waals surface area contributed by atoms with Gasteiger partial charge in [-0.2, -0.15) is 5.26 Å². The molecule has 0 saturated carbocycles. The summed E-state index contributed by atoms with van der Waals surface area (Å²) in [5.41, 5.74) is 0. The van der Waals surface area contributed by atoms with Crippen molar-refractivity contribution in [2.75, 3.05) is 38.7 Å². The van der Waals surface area contributed by atoms with Gasteiger partial charge in [0.05, 0.1) is 0 Å². The fourth-order valence-electron chi connectivity index (χ4n) is 1.77. The fraction of sp³-hybridized carbons (Fsp3) is 0.833. The summed E-state index contributed by atoms with van der Waals surface area (Å²) in [6.07, 6.45) is 0. The predicted molar refractivity (Wildman–Crippen MR) is 78.7 cm³/mol. The summed E-state index contributed by atoms with van der Waals surface area (Å²) in [4.78, 5) is 16.3. The molecule has 102 valence electrons. The van der Waals surface area contributed by atoms with Gasteiger partial charge in [-0.3, -0.25) is 4.79 Å². The Balaban J connectivity index is 2.78. The Morgan fingerprint density at radius 2 is 1.83 bits per heavy atom. The summed E-state index contributed by atoms with van der Waals surface area (Å²) in [7, 11) is 4.08. The van der Waals surface area contributed by atoms with Crippen LogP contribution in [0.15, 0.2) is 0 Å². The van der Waals surface area contributed by atoms with E-state index in [0.29, 0.717) is 19.1 Å². The van der Waals surface area contributed by atoms with E-state index in [9.17, 15) is 10.1 Å². The van der Waals surface area contributed by atoms with Crippen LogP contribution in [-0.2, 0) is 4.79 Å². The van der Waals surface area contributed by atoms with Gasteiger partial charge in [-0.25, -0.2) is 0 Å². The molecule has 1 aliphatic heterocycles. The largest absolute Gasteiger partial charge is 0.340 e. The number of amides is 1. The zero-order chi connectivity index (χ0) is 13.8. The zero-order valence-corrected chi connectivity index (χ0v) is 13.1. The van der Waals surface area contributed by atoms with E-state index in [1.807, 2.05) is 27.9 Å². The van der Waals surface area contributed by atoms with Crippen LogP contribution in [0.1, 0.15) is 13.8 Å². The highest BCUT2D eigenvalue weighted by atomic mass is 32.2. The molecule has 0 bridgehead atoms. The molecule has 0 unspecified atom stereocenters. The molecule has 0 aromatic rings. The van der Waals surface area contributed by atoms with E-state index < -0.39 is 4.08 Å². The smallest absolute Gasteiger partial charge is 0.263 e. The molecule has 0 atom stereocenters. The minimum Gasteiger partial charge on any atom is -0.340 e. The summed E-state index contributed by atoms with van der Waals surface area (Å²) in [5, 5.41) is 9.42. The SMILES string of the molecule is CCN(CC)C(=O)C1(C#N)SCC(N(C)C)CS1. The molecule has 18 heavy (non-hydrogen) atoms. The summed E-state index contributed by atoms with van der Waals surface area (Å²) >= 11 is 2.97. The van der Waals surface area contributed by atoms with E-state index in [4.69, 9.17) is 0 Å². The summed E-state index contributed by atoms with van der Waals surface area (Å²) in [6.45, 7) is 5.23. The van der Waals surface area contributed by atoms with Gasteiger partial charge in [0, 0.05) is 30.6 Å². The van der Waals surface area contributed by atoms with Crippen molar-refractivity contribution in [2.45, 2.75) is 24.0 Å². The molecular weight excluding hydrogens is 266 g/mol. The van der Waals surface area contributed by atoms with Gasteiger partial charge >= 0.3 is 0 Å². The number of nitrogens with zero attached hydrogens (tertiary/aromatic N) is 3. The van der Waals surface area contributed by atoms with Crippen LogP contribution in [-0.4, -0.2) is 64.5 Å². The lowest BCUT2D eigenvalue weighted by Crippen LogP contribution is -2.49. The van der Waals surface area contributed by atoms with Crippen molar-refractivity contribution in [2.24, 2.45) is 0 Å². The van der Waals surface area contributed by atoms with Gasteiger partial charge in [-0.15, -0.1) is 23.5 Å². The van der Waals surface area contributed by atoms with Crippen LogP contribution in [0, 0.1) is 11.3 Å². The number of rotatable bonds is 4. The highest BCUT2D eigenvalue weighted by molar-refractivity contribution is 8.20. The van der Waals surface area contributed by atoms with Crippen molar-refractivity contribution in [1.29, 1.82) is 5.26 Å². The van der Waals surface area contributed by atoms with Crippen LogP contribution in [0.5, 0.6) is 0 Å². The van der Waals surface area contributed by atoms with Crippen LogP contribution in [0.3, 0.4) is 0 Å². The molecular formula is C12H21N3OS2. The summed E-state index contributed by atoms with van der Waals surface area (Å²) < 4.78 is -0.932. The van der Waals surface area contributed by atoms with E-state index >= 15 is 0 Å². The number of hydrogen-bond donors (Lipinski definition) is 0. The Hall–Kier alpha value is -0.380. The van der Waals surface area contributed by atoms with E-state index in [2.05, 4.69) is 11.0 Å². The monoisotopic (exact) mass is 287 g/mol. The molecule has 0 aromatic heterocycles. The normalized spacial score (nSPS) is 27.9. The Morgan fingerprint density at radius 3 is 2.17 bits per heavy atom. The molecule has 1 rings (SSSR count). The van der Waals surface area contributed by atoms with Crippen LogP contribution >= 0.6 is 23.5 Å². The van der Waals surface area contributed by atoms with E-state index in [0.717, 1.165) is 11.5 Å². The third kappa shape index (κ3) is 3.14. The molecule has 0 spiro atoms. The predicted octanol–water partition coefficient (Wildman–Crippen LogP) is 1.48. The molecule has 0 radical (unpaired) electrons. The molecule has 0 N–H and O–H groups in total. The standard InChI is InChI=1S/C12H21N3OS2/c1-5-15(6-2)11(16)12(9-13)17-7-10(8-18-12)14(3)4/h10H,5-8H2,1-4H3. The first-order valence-electron chi connectivity index (χ1n) is 6.15. The van der Waals surface area contributed by atoms with Crippen molar-refractivity contribution in [1.82, 2.24) is 9.80 Å². The maximum Gasteiger partial charge on any atom is 0.263 e. The zero-order valence-electron chi connectivity index (χ0n) is 11.5. The topological polar surface area (TPSA) is 47.3 Å². The molecule has 1 heterocycles. The maximum atomic E-state index is 12.4. The van der Waals surface area contributed by atoms with Crippen molar-refractivity contribution in [3.63, 3.8) is 0 Å². The van der Waals surface area contributed by atoms with Gasteiger partial charge < -0.3 is 9.80 Å². The first kappa shape index (κ1) is 15.7. The quantitative estimate of drug-likeness (QED) is 0.784.